The molecule has 1 aromatic heterocycles. The van der Waals surface area contributed by atoms with E-state index in [1.165, 1.54) is 17.8 Å². The third-order valence-electron chi connectivity index (χ3n) is 3.03. The van der Waals surface area contributed by atoms with Crippen molar-refractivity contribution in [1.29, 1.82) is 0 Å². The minimum absolute atomic E-state index is 0.00269. The number of hydrogen-bond donors (Lipinski definition) is 1. The molecular weight excluding hydrogens is 227 g/mol. The van der Waals surface area contributed by atoms with Gasteiger partial charge in [-0.1, -0.05) is 31.2 Å². The molecule has 0 saturated carbocycles. The predicted octanol–water partition coefficient (Wildman–Crippen LogP) is 3.09. The van der Waals surface area contributed by atoms with Crippen LogP contribution >= 0.6 is 0 Å². The fourth-order valence-electron chi connectivity index (χ4n) is 2.04. The lowest BCUT2D eigenvalue weighted by atomic mass is 10.00. The maximum atomic E-state index is 12.9. The van der Waals surface area contributed by atoms with E-state index in [9.17, 15) is 4.39 Å². The standard InChI is InChI=1S/C15H17FN2/c1-3-11-5-4-6-12(9-11)15(17-2)14-8-7-13(16)10-18-14/h4-10,15,17H,3H2,1-2H3. The van der Waals surface area contributed by atoms with Gasteiger partial charge in [-0.25, -0.2) is 4.39 Å². The van der Waals surface area contributed by atoms with Crippen molar-refractivity contribution in [2.45, 2.75) is 19.4 Å². The molecule has 1 atom stereocenters. The molecule has 1 aromatic carbocycles. The van der Waals surface area contributed by atoms with Crippen LogP contribution in [0, 0.1) is 5.82 Å². The lowest BCUT2D eigenvalue weighted by Crippen LogP contribution is -2.19. The second-order valence-corrected chi connectivity index (χ2v) is 4.22. The Morgan fingerprint density at radius 2 is 2.11 bits per heavy atom. The van der Waals surface area contributed by atoms with Gasteiger partial charge in [0.1, 0.15) is 5.82 Å². The van der Waals surface area contributed by atoms with Gasteiger partial charge in [-0.15, -0.1) is 0 Å². The number of rotatable bonds is 4. The minimum atomic E-state index is -0.309. The summed E-state index contributed by atoms with van der Waals surface area (Å²) in [6.07, 6.45) is 2.25. The number of nitrogens with one attached hydrogen (secondary N) is 1. The molecule has 2 nitrogen and oxygen atoms in total. The molecule has 2 aromatic rings. The van der Waals surface area contributed by atoms with Crippen molar-refractivity contribution in [2.75, 3.05) is 7.05 Å². The van der Waals surface area contributed by atoms with Gasteiger partial charge in [0.15, 0.2) is 0 Å². The van der Waals surface area contributed by atoms with Crippen LogP contribution in [0.15, 0.2) is 42.6 Å². The summed E-state index contributed by atoms with van der Waals surface area (Å²) in [5, 5.41) is 3.22. The number of hydrogen-bond acceptors (Lipinski definition) is 2. The van der Waals surface area contributed by atoms with E-state index in [0.29, 0.717) is 0 Å². The third-order valence-corrected chi connectivity index (χ3v) is 3.03. The molecule has 3 heteroatoms. The van der Waals surface area contributed by atoms with Gasteiger partial charge >= 0.3 is 0 Å². The highest BCUT2D eigenvalue weighted by molar-refractivity contribution is 5.31. The number of pyridine rings is 1. The molecule has 0 aliphatic carbocycles. The Balaban J connectivity index is 2.35. The van der Waals surface area contributed by atoms with Gasteiger partial charge in [0, 0.05) is 0 Å². The molecule has 0 aliphatic heterocycles. The zero-order valence-electron chi connectivity index (χ0n) is 10.7. The van der Waals surface area contributed by atoms with Crippen molar-refractivity contribution < 1.29 is 4.39 Å². The van der Waals surface area contributed by atoms with E-state index < -0.39 is 0 Å². The Morgan fingerprint density at radius 3 is 2.72 bits per heavy atom. The molecule has 94 valence electrons. The molecule has 0 spiro atoms. The monoisotopic (exact) mass is 244 g/mol. The lowest BCUT2D eigenvalue weighted by Gasteiger charge is -2.16. The van der Waals surface area contributed by atoms with E-state index in [2.05, 4.69) is 35.4 Å². The van der Waals surface area contributed by atoms with E-state index in [1.807, 2.05) is 13.1 Å². The molecule has 18 heavy (non-hydrogen) atoms. The van der Waals surface area contributed by atoms with Crippen molar-refractivity contribution in [1.82, 2.24) is 10.3 Å². The van der Waals surface area contributed by atoms with Crippen LogP contribution < -0.4 is 5.32 Å². The topological polar surface area (TPSA) is 24.9 Å². The van der Waals surface area contributed by atoms with Gasteiger partial charge in [0.2, 0.25) is 0 Å². The first kappa shape index (κ1) is 12.7. The zero-order valence-corrected chi connectivity index (χ0v) is 10.7. The summed E-state index contributed by atoms with van der Waals surface area (Å²) in [6.45, 7) is 2.13. The molecule has 1 N–H and O–H groups in total. The maximum absolute atomic E-state index is 12.9. The summed E-state index contributed by atoms with van der Waals surface area (Å²) in [4.78, 5) is 4.14. The smallest absolute Gasteiger partial charge is 0.141 e. The van der Waals surface area contributed by atoms with Crippen LogP contribution in [-0.4, -0.2) is 12.0 Å². The van der Waals surface area contributed by atoms with Gasteiger partial charge in [-0.3, -0.25) is 4.98 Å². The summed E-state index contributed by atoms with van der Waals surface area (Å²) in [7, 11) is 1.88. The summed E-state index contributed by atoms with van der Waals surface area (Å²) < 4.78 is 12.9. The second-order valence-electron chi connectivity index (χ2n) is 4.22. The van der Waals surface area contributed by atoms with Gasteiger partial charge in [0.05, 0.1) is 17.9 Å². The van der Waals surface area contributed by atoms with Crippen molar-refractivity contribution in [3.8, 4) is 0 Å². The summed E-state index contributed by atoms with van der Waals surface area (Å²) in [5.74, 6) is -0.309. The lowest BCUT2D eigenvalue weighted by molar-refractivity contribution is 0.609. The molecule has 0 bridgehead atoms. The Labute approximate surface area is 107 Å². The first-order valence-electron chi connectivity index (χ1n) is 6.12. The minimum Gasteiger partial charge on any atom is -0.308 e. The van der Waals surface area contributed by atoms with Crippen LogP contribution in [0.2, 0.25) is 0 Å². The van der Waals surface area contributed by atoms with Crippen molar-refractivity contribution in [3.05, 3.63) is 65.2 Å². The Morgan fingerprint density at radius 1 is 1.28 bits per heavy atom. The second kappa shape index (κ2) is 5.74. The normalized spacial score (nSPS) is 12.4. The van der Waals surface area contributed by atoms with Crippen LogP contribution in [-0.2, 0) is 6.42 Å². The number of aromatic nitrogens is 1. The summed E-state index contributed by atoms with van der Waals surface area (Å²) in [5.41, 5.74) is 3.26. The molecular formula is C15H17FN2. The molecule has 1 unspecified atom stereocenters. The van der Waals surface area contributed by atoms with Crippen LogP contribution in [0.3, 0.4) is 0 Å². The van der Waals surface area contributed by atoms with Gasteiger partial charge in [-0.05, 0) is 36.7 Å². The summed E-state index contributed by atoms with van der Waals surface area (Å²) in [6, 6.07) is 11.5. The molecule has 2 rings (SSSR count). The predicted molar refractivity (Wildman–Crippen MR) is 70.9 cm³/mol. The first-order valence-corrected chi connectivity index (χ1v) is 6.12. The van der Waals surface area contributed by atoms with E-state index in [1.54, 1.807) is 6.07 Å². The molecule has 0 saturated heterocycles. The van der Waals surface area contributed by atoms with E-state index >= 15 is 0 Å². The van der Waals surface area contributed by atoms with Crippen LogP contribution in [0.1, 0.15) is 29.8 Å². The largest absolute Gasteiger partial charge is 0.308 e. The summed E-state index contributed by atoms with van der Waals surface area (Å²) >= 11 is 0. The average molecular weight is 244 g/mol. The number of aryl methyl sites for hydroxylation is 1. The van der Waals surface area contributed by atoms with Crippen molar-refractivity contribution in [3.63, 3.8) is 0 Å². The number of benzene rings is 1. The molecule has 1 heterocycles. The van der Waals surface area contributed by atoms with E-state index in [4.69, 9.17) is 0 Å². The highest BCUT2D eigenvalue weighted by atomic mass is 19.1. The highest BCUT2D eigenvalue weighted by Crippen LogP contribution is 2.21. The first-order chi connectivity index (χ1) is 8.74. The van der Waals surface area contributed by atoms with Crippen molar-refractivity contribution in [2.24, 2.45) is 0 Å². The molecule has 0 aliphatic rings. The quantitative estimate of drug-likeness (QED) is 0.894. The van der Waals surface area contributed by atoms with E-state index in [0.717, 1.165) is 17.7 Å². The third kappa shape index (κ3) is 2.74. The fourth-order valence-corrected chi connectivity index (χ4v) is 2.04. The molecule has 0 amide bonds. The fraction of sp³-hybridized carbons (Fsp3) is 0.267. The SMILES string of the molecule is CCc1cccc(C(NC)c2ccc(F)cn2)c1. The van der Waals surface area contributed by atoms with Crippen LogP contribution in [0.5, 0.6) is 0 Å². The van der Waals surface area contributed by atoms with Gasteiger partial charge < -0.3 is 5.32 Å². The number of nitrogens with zero attached hydrogens (tertiary/aromatic N) is 1. The van der Waals surface area contributed by atoms with Gasteiger partial charge in [-0.2, -0.15) is 0 Å². The van der Waals surface area contributed by atoms with Crippen molar-refractivity contribution >= 4 is 0 Å². The Bertz CT molecular complexity index is 508. The van der Waals surface area contributed by atoms with Gasteiger partial charge in [0.25, 0.3) is 0 Å². The van der Waals surface area contributed by atoms with Crippen LogP contribution in [0.4, 0.5) is 4.39 Å². The average Bonchev–Trinajstić information content (AvgIpc) is 2.42. The number of halogens is 1. The van der Waals surface area contributed by atoms with E-state index in [-0.39, 0.29) is 11.9 Å². The van der Waals surface area contributed by atoms with Crippen LogP contribution in [0.25, 0.3) is 0 Å². The highest BCUT2D eigenvalue weighted by Gasteiger charge is 2.13. The molecule has 0 fully saturated rings. The Hall–Kier alpha value is -1.74. The maximum Gasteiger partial charge on any atom is 0.141 e. The molecule has 0 radical (unpaired) electrons. The zero-order chi connectivity index (χ0) is 13.0. The Kier molecular flexibility index (Phi) is 4.05.